The summed E-state index contributed by atoms with van der Waals surface area (Å²) in [5.74, 6) is 0.628. The van der Waals surface area contributed by atoms with Crippen molar-refractivity contribution in [3.8, 4) is 22.5 Å². The Bertz CT molecular complexity index is 1140. The summed E-state index contributed by atoms with van der Waals surface area (Å²) >= 11 is 0. The molecule has 1 amide bonds. The largest absolute Gasteiger partial charge is 0.342 e. The van der Waals surface area contributed by atoms with Gasteiger partial charge in [-0.3, -0.25) is 4.79 Å². The minimum atomic E-state index is -0.398. The SMILES string of the molecule is Cc1cc(-c2ccc(-c3nncn3C[C@H]3CCN(C(=O)C4CC4)C3)c(F)c2)ccc1F. The summed E-state index contributed by atoms with van der Waals surface area (Å²) < 4.78 is 30.5. The molecule has 5 nitrogen and oxygen atoms in total. The Morgan fingerprint density at radius 1 is 1.06 bits per heavy atom. The Labute approximate surface area is 179 Å². The summed E-state index contributed by atoms with van der Waals surface area (Å²) in [5.41, 5.74) is 2.34. The molecule has 160 valence electrons. The Hall–Kier alpha value is -3.09. The lowest BCUT2D eigenvalue weighted by Gasteiger charge is -2.17. The van der Waals surface area contributed by atoms with E-state index in [9.17, 15) is 9.18 Å². The van der Waals surface area contributed by atoms with E-state index in [1.165, 1.54) is 12.1 Å². The third kappa shape index (κ3) is 3.96. The molecule has 3 aromatic rings. The average molecular weight is 422 g/mol. The number of carbonyl (C=O) groups excluding carboxylic acids is 1. The lowest BCUT2D eigenvalue weighted by Crippen LogP contribution is -2.30. The number of rotatable bonds is 5. The van der Waals surface area contributed by atoms with Gasteiger partial charge in [0.1, 0.15) is 18.0 Å². The van der Waals surface area contributed by atoms with Crippen molar-refractivity contribution >= 4 is 5.91 Å². The monoisotopic (exact) mass is 422 g/mol. The van der Waals surface area contributed by atoms with Crippen molar-refractivity contribution in [3.05, 3.63) is 59.9 Å². The lowest BCUT2D eigenvalue weighted by molar-refractivity contribution is -0.131. The van der Waals surface area contributed by atoms with Gasteiger partial charge in [-0.1, -0.05) is 12.1 Å². The number of hydrogen-bond donors (Lipinski definition) is 0. The number of carbonyl (C=O) groups is 1. The quantitative estimate of drug-likeness (QED) is 0.610. The standard InChI is InChI=1S/C24H24F2N4O/c1-15-10-18(5-7-21(15)25)19-4-6-20(22(26)11-19)23-28-27-14-30(23)13-16-8-9-29(12-16)24(31)17-2-3-17/h4-7,10-11,14,16-17H,2-3,8-9,12-13H2,1H3/t16-/m0/s1. The molecule has 2 aliphatic rings. The summed E-state index contributed by atoms with van der Waals surface area (Å²) in [4.78, 5) is 14.3. The van der Waals surface area contributed by atoms with Gasteiger partial charge in [0, 0.05) is 25.6 Å². The van der Waals surface area contributed by atoms with Crippen LogP contribution in [0.2, 0.25) is 0 Å². The second kappa shape index (κ2) is 7.87. The molecule has 0 bridgehead atoms. The molecule has 0 N–H and O–H groups in total. The first kappa shape index (κ1) is 19.8. The fourth-order valence-corrected chi connectivity index (χ4v) is 4.35. The summed E-state index contributed by atoms with van der Waals surface area (Å²) in [5, 5.41) is 8.15. The van der Waals surface area contributed by atoms with Gasteiger partial charge < -0.3 is 9.47 Å². The van der Waals surface area contributed by atoms with Crippen LogP contribution < -0.4 is 0 Å². The first-order chi connectivity index (χ1) is 15.0. The van der Waals surface area contributed by atoms with E-state index in [4.69, 9.17) is 0 Å². The molecule has 7 heteroatoms. The van der Waals surface area contributed by atoms with Crippen LogP contribution in [0, 0.1) is 30.4 Å². The van der Waals surface area contributed by atoms with Gasteiger partial charge in [0.15, 0.2) is 5.82 Å². The maximum absolute atomic E-state index is 15.0. The second-order valence-electron chi connectivity index (χ2n) is 8.68. The minimum Gasteiger partial charge on any atom is -0.342 e. The van der Waals surface area contributed by atoms with Gasteiger partial charge in [-0.2, -0.15) is 0 Å². The van der Waals surface area contributed by atoms with Crippen LogP contribution >= 0.6 is 0 Å². The van der Waals surface area contributed by atoms with Crippen LogP contribution in [0.5, 0.6) is 0 Å². The molecule has 1 saturated carbocycles. The Morgan fingerprint density at radius 3 is 2.58 bits per heavy atom. The molecule has 1 aromatic heterocycles. The van der Waals surface area contributed by atoms with Crippen LogP contribution in [0.15, 0.2) is 42.7 Å². The summed E-state index contributed by atoms with van der Waals surface area (Å²) in [6.45, 7) is 3.86. The van der Waals surface area contributed by atoms with Gasteiger partial charge in [-0.15, -0.1) is 10.2 Å². The molecule has 0 spiro atoms. The molecule has 1 saturated heterocycles. The molecule has 2 aromatic carbocycles. The van der Waals surface area contributed by atoms with Crippen LogP contribution in [0.4, 0.5) is 8.78 Å². The highest BCUT2D eigenvalue weighted by Crippen LogP contribution is 2.33. The highest BCUT2D eigenvalue weighted by atomic mass is 19.1. The maximum atomic E-state index is 15.0. The number of likely N-dealkylation sites (tertiary alicyclic amines) is 1. The van der Waals surface area contributed by atoms with Crippen molar-refractivity contribution < 1.29 is 13.6 Å². The van der Waals surface area contributed by atoms with E-state index in [-0.39, 0.29) is 17.6 Å². The van der Waals surface area contributed by atoms with Gasteiger partial charge in [0.25, 0.3) is 0 Å². The maximum Gasteiger partial charge on any atom is 0.225 e. The predicted molar refractivity (Wildman–Crippen MR) is 113 cm³/mol. The number of aryl methyl sites for hydroxylation is 1. The highest BCUT2D eigenvalue weighted by Gasteiger charge is 2.36. The van der Waals surface area contributed by atoms with Crippen molar-refractivity contribution in [2.75, 3.05) is 13.1 Å². The zero-order valence-corrected chi connectivity index (χ0v) is 17.4. The number of amides is 1. The van der Waals surface area contributed by atoms with E-state index in [2.05, 4.69) is 10.2 Å². The number of benzene rings is 2. The Balaban J connectivity index is 1.34. The van der Waals surface area contributed by atoms with Crippen molar-refractivity contribution in [3.63, 3.8) is 0 Å². The van der Waals surface area contributed by atoms with Gasteiger partial charge >= 0.3 is 0 Å². The summed E-state index contributed by atoms with van der Waals surface area (Å²) in [6, 6.07) is 9.71. The van der Waals surface area contributed by atoms with Crippen LogP contribution in [0.25, 0.3) is 22.5 Å². The molecule has 1 atom stereocenters. The molecule has 1 aliphatic carbocycles. The van der Waals surface area contributed by atoms with Crippen molar-refractivity contribution in [2.45, 2.75) is 32.7 Å². The van der Waals surface area contributed by atoms with E-state index in [0.717, 1.165) is 37.9 Å². The molecule has 2 heterocycles. The van der Waals surface area contributed by atoms with E-state index in [1.807, 2.05) is 15.5 Å². The summed E-state index contributed by atoms with van der Waals surface area (Å²) in [6.07, 6.45) is 4.59. The molecule has 0 radical (unpaired) electrons. The van der Waals surface area contributed by atoms with Gasteiger partial charge in [-0.25, -0.2) is 8.78 Å². The van der Waals surface area contributed by atoms with E-state index >= 15 is 4.39 Å². The van der Waals surface area contributed by atoms with E-state index < -0.39 is 5.82 Å². The van der Waals surface area contributed by atoms with E-state index in [0.29, 0.717) is 35.0 Å². The number of hydrogen-bond acceptors (Lipinski definition) is 3. The van der Waals surface area contributed by atoms with Crippen LogP contribution in [0.3, 0.4) is 0 Å². The number of halogens is 2. The topological polar surface area (TPSA) is 51.0 Å². The third-order valence-electron chi connectivity index (χ3n) is 6.30. The predicted octanol–water partition coefficient (Wildman–Crippen LogP) is 4.46. The third-order valence-corrected chi connectivity index (χ3v) is 6.30. The van der Waals surface area contributed by atoms with Gasteiger partial charge in [0.2, 0.25) is 5.91 Å². The molecular weight excluding hydrogens is 398 g/mol. The molecular formula is C24H24F2N4O. The zero-order chi connectivity index (χ0) is 21.5. The zero-order valence-electron chi connectivity index (χ0n) is 17.4. The molecule has 0 unspecified atom stereocenters. The molecule has 31 heavy (non-hydrogen) atoms. The number of nitrogens with zero attached hydrogens (tertiary/aromatic N) is 4. The second-order valence-corrected chi connectivity index (χ2v) is 8.68. The first-order valence-corrected chi connectivity index (χ1v) is 10.7. The van der Waals surface area contributed by atoms with Crippen molar-refractivity contribution in [1.82, 2.24) is 19.7 Å². The fraction of sp³-hybridized carbons (Fsp3) is 0.375. The minimum absolute atomic E-state index is 0.238. The van der Waals surface area contributed by atoms with Crippen LogP contribution in [0.1, 0.15) is 24.8 Å². The van der Waals surface area contributed by atoms with E-state index in [1.54, 1.807) is 31.5 Å². The van der Waals surface area contributed by atoms with Crippen molar-refractivity contribution in [1.29, 1.82) is 0 Å². The highest BCUT2D eigenvalue weighted by molar-refractivity contribution is 5.81. The lowest BCUT2D eigenvalue weighted by atomic mass is 10.0. The number of aromatic nitrogens is 3. The molecule has 1 aliphatic heterocycles. The van der Waals surface area contributed by atoms with Gasteiger partial charge in [-0.05, 0) is 73.1 Å². The summed E-state index contributed by atoms with van der Waals surface area (Å²) in [7, 11) is 0. The fourth-order valence-electron chi connectivity index (χ4n) is 4.35. The smallest absolute Gasteiger partial charge is 0.225 e. The molecule has 5 rings (SSSR count). The molecule has 2 fully saturated rings. The Morgan fingerprint density at radius 2 is 1.84 bits per heavy atom. The van der Waals surface area contributed by atoms with Crippen LogP contribution in [-0.2, 0) is 11.3 Å². The normalized spacial score (nSPS) is 18.5. The van der Waals surface area contributed by atoms with Crippen molar-refractivity contribution in [2.24, 2.45) is 11.8 Å². The first-order valence-electron chi connectivity index (χ1n) is 10.7. The van der Waals surface area contributed by atoms with Gasteiger partial charge in [0.05, 0.1) is 5.56 Å². The average Bonchev–Trinajstić information content (AvgIpc) is 3.34. The Kier molecular flexibility index (Phi) is 5.04. The van der Waals surface area contributed by atoms with Crippen LogP contribution in [-0.4, -0.2) is 38.7 Å².